The lowest BCUT2D eigenvalue weighted by Gasteiger charge is -2.20. The summed E-state index contributed by atoms with van der Waals surface area (Å²) in [6, 6.07) is 7.73. The first-order valence-electron chi connectivity index (χ1n) is 7.12. The molecule has 1 fully saturated rings. The Morgan fingerprint density at radius 3 is 2.67 bits per heavy atom. The Bertz CT molecular complexity index is 593. The van der Waals surface area contributed by atoms with Crippen LogP contribution in [0.2, 0.25) is 5.02 Å². The van der Waals surface area contributed by atoms with Crippen molar-refractivity contribution in [2.24, 2.45) is 5.73 Å². The van der Waals surface area contributed by atoms with Crippen LogP contribution in [0.25, 0.3) is 0 Å². The number of thioether (sulfide) groups is 1. The van der Waals surface area contributed by atoms with E-state index >= 15 is 0 Å². The minimum absolute atomic E-state index is 0.146. The normalized spacial score (nSPS) is 17.2. The van der Waals surface area contributed by atoms with E-state index in [9.17, 15) is 0 Å². The molecule has 112 valence electrons. The summed E-state index contributed by atoms with van der Waals surface area (Å²) in [6.45, 7) is 0. The first kappa shape index (κ1) is 14.9. The van der Waals surface area contributed by atoms with Gasteiger partial charge in [-0.15, -0.1) is 11.8 Å². The van der Waals surface area contributed by atoms with E-state index < -0.39 is 0 Å². The summed E-state index contributed by atoms with van der Waals surface area (Å²) in [4.78, 5) is 5.58. The van der Waals surface area contributed by atoms with Crippen LogP contribution < -0.4 is 5.73 Å². The third-order valence-corrected chi connectivity index (χ3v) is 5.05. The summed E-state index contributed by atoms with van der Waals surface area (Å²) in [7, 11) is 0. The van der Waals surface area contributed by atoms with Crippen LogP contribution in [0.1, 0.15) is 37.4 Å². The van der Waals surface area contributed by atoms with E-state index in [2.05, 4.69) is 10.1 Å². The third-order valence-electron chi connectivity index (χ3n) is 3.79. The molecule has 1 saturated carbocycles. The Morgan fingerprint density at radius 1 is 1.24 bits per heavy atom. The molecule has 0 spiro atoms. The smallest absolute Gasteiger partial charge is 0.228 e. The molecule has 1 aromatic carbocycles. The zero-order valence-electron chi connectivity index (χ0n) is 11.7. The van der Waals surface area contributed by atoms with Crippen molar-refractivity contribution in [1.29, 1.82) is 0 Å². The van der Waals surface area contributed by atoms with Gasteiger partial charge in [0.25, 0.3) is 0 Å². The third kappa shape index (κ3) is 3.99. The molecule has 21 heavy (non-hydrogen) atoms. The molecular weight excluding hydrogens is 306 g/mol. The van der Waals surface area contributed by atoms with Gasteiger partial charge in [0.2, 0.25) is 5.89 Å². The molecule has 0 radical (unpaired) electrons. The van der Waals surface area contributed by atoms with Gasteiger partial charge in [-0.25, -0.2) is 0 Å². The molecule has 6 heteroatoms. The van der Waals surface area contributed by atoms with Gasteiger partial charge in [-0.05, 0) is 37.1 Å². The zero-order chi connectivity index (χ0) is 14.7. The summed E-state index contributed by atoms with van der Waals surface area (Å²) in [5.74, 6) is 2.06. The Balaban J connectivity index is 1.56. The molecule has 0 bridgehead atoms. The van der Waals surface area contributed by atoms with Gasteiger partial charge in [0.05, 0.1) is 5.75 Å². The van der Waals surface area contributed by atoms with E-state index in [1.54, 1.807) is 11.8 Å². The topological polar surface area (TPSA) is 64.9 Å². The molecule has 0 unspecified atom stereocenters. The Kier molecular flexibility index (Phi) is 4.52. The van der Waals surface area contributed by atoms with Crippen LogP contribution in [0, 0.1) is 0 Å². The van der Waals surface area contributed by atoms with Crippen molar-refractivity contribution in [3.05, 3.63) is 41.0 Å². The number of nitrogens with zero attached hydrogens (tertiary/aromatic N) is 2. The lowest BCUT2D eigenvalue weighted by Crippen LogP contribution is -2.38. The number of aromatic nitrogens is 2. The fraction of sp³-hybridized carbons (Fsp3) is 0.467. The van der Waals surface area contributed by atoms with Gasteiger partial charge < -0.3 is 10.3 Å². The van der Waals surface area contributed by atoms with Crippen molar-refractivity contribution in [2.75, 3.05) is 0 Å². The maximum Gasteiger partial charge on any atom is 0.228 e. The second-order valence-electron chi connectivity index (χ2n) is 5.59. The molecule has 1 aliphatic carbocycles. The van der Waals surface area contributed by atoms with Crippen molar-refractivity contribution in [3.8, 4) is 0 Å². The molecule has 3 rings (SSSR count). The zero-order valence-corrected chi connectivity index (χ0v) is 13.3. The Morgan fingerprint density at radius 2 is 1.95 bits per heavy atom. The lowest BCUT2D eigenvalue weighted by atomic mass is 9.95. The molecule has 1 heterocycles. The second-order valence-corrected chi connectivity index (χ2v) is 7.08. The number of hydrogen-bond acceptors (Lipinski definition) is 5. The predicted molar refractivity (Wildman–Crippen MR) is 84.4 cm³/mol. The van der Waals surface area contributed by atoms with Crippen LogP contribution in [-0.2, 0) is 12.2 Å². The van der Waals surface area contributed by atoms with Gasteiger partial charge in [0.15, 0.2) is 5.82 Å². The molecule has 1 aliphatic rings. The SMILES string of the molecule is NC1(Cc2nc(CSc3ccc(Cl)cc3)no2)CCCC1. The predicted octanol–water partition coefficient (Wildman–Crippen LogP) is 3.83. The number of halogens is 1. The number of hydrogen-bond donors (Lipinski definition) is 1. The highest BCUT2D eigenvalue weighted by Gasteiger charge is 2.31. The van der Waals surface area contributed by atoms with Crippen LogP contribution in [0.15, 0.2) is 33.7 Å². The Labute approximate surface area is 133 Å². The minimum atomic E-state index is -0.146. The minimum Gasteiger partial charge on any atom is -0.339 e. The standard InChI is InChI=1S/C15H18ClN3OS/c16-11-3-5-12(6-4-11)21-10-13-18-14(20-19-13)9-15(17)7-1-2-8-15/h3-6H,1-2,7-10,17H2. The molecule has 1 aromatic heterocycles. The highest BCUT2D eigenvalue weighted by atomic mass is 35.5. The summed E-state index contributed by atoms with van der Waals surface area (Å²) < 4.78 is 5.32. The van der Waals surface area contributed by atoms with E-state index in [0.717, 1.165) is 22.8 Å². The average Bonchev–Trinajstić information content (AvgIpc) is 3.08. The average molecular weight is 324 g/mol. The number of rotatable bonds is 5. The van der Waals surface area contributed by atoms with Gasteiger partial charge >= 0.3 is 0 Å². The highest BCUT2D eigenvalue weighted by Crippen LogP contribution is 2.30. The van der Waals surface area contributed by atoms with Crippen molar-refractivity contribution in [2.45, 2.75) is 48.3 Å². The quantitative estimate of drug-likeness (QED) is 0.847. The van der Waals surface area contributed by atoms with Gasteiger partial charge in [-0.2, -0.15) is 4.98 Å². The van der Waals surface area contributed by atoms with Gasteiger partial charge in [0, 0.05) is 21.9 Å². The lowest BCUT2D eigenvalue weighted by molar-refractivity contribution is 0.327. The first-order valence-corrected chi connectivity index (χ1v) is 8.48. The van der Waals surface area contributed by atoms with Gasteiger partial charge in [0.1, 0.15) is 0 Å². The summed E-state index contributed by atoms with van der Waals surface area (Å²) in [5, 5.41) is 4.78. The van der Waals surface area contributed by atoms with Gasteiger partial charge in [-0.3, -0.25) is 0 Å². The second kappa shape index (κ2) is 6.38. The monoisotopic (exact) mass is 323 g/mol. The molecule has 2 N–H and O–H groups in total. The van der Waals surface area contributed by atoms with Crippen molar-refractivity contribution in [1.82, 2.24) is 10.1 Å². The van der Waals surface area contributed by atoms with Crippen molar-refractivity contribution >= 4 is 23.4 Å². The first-order chi connectivity index (χ1) is 10.1. The van der Waals surface area contributed by atoms with Crippen LogP contribution in [0.5, 0.6) is 0 Å². The molecule has 0 atom stereocenters. The molecule has 2 aromatic rings. The summed E-state index contributed by atoms with van der Waals surface area (Å²) in [5.41, 5.74) is 6.19. The fourth-order valence-corrected chi connectivity index (χ4v) is 3.52. The van der Waals surface area contributed by atoms with Crippen LogP contribution in [0.3, 0.4) is 0 Å². The van der Waals surface area contributed by atoms with Crippen LogP contribution in [0.4, 0.5) is 0 Å². The van der Waals surface area contributed by atoms with Crippen LogP contribution in [-0.4, -0.2) is 15.7 Å². The van der Waals surface area contributed by atoms with E-state index in [4.69, 9.17) is 21.9 Å². The molecule has 0 aliphatic heterocycles. The maximum atomic E-state index is 6.33. The van der Waals surface area contributed by atoms with E-state index in [1.165, 1.54) is 12.8 Å². The van der Waals surface area contributed by atoms with E-state index in [0.29, 0.717) is 23.9 Å². The highest BCUT2D eigenvalue weighted by molar-refractivity contribution is 7.98. The molecule has 0 saturated heterocycles. The fourth-order valence-electron chi connectivity index (χ4n) is 2.66. The molecule has 0 amide bonds. The molecule has 4 nitrogen and oxygen atoms in total. The number of benzene rings is 1. The number of nitrogens with two attached hydrogens (primary N) is 1. The van der Waals surface area contributed by atoms with Crippen LogP contribution >= 0.6 is 23.4 Å². The van der Waals surface area contributed by atoms with E-state index in [-0.39, 0.29) is 5.54 Å². The van der Waals surface area contributed by atoms with E-state index in [1.807, 2.05) is 24.3 Å². The maximum absolute atomic E-state index is 6.33. The van der Waals surface area contributed by atoms with Gasteiger partial charge in [-0.1, -0.05) is 29.6 Å². The van der Waals surface area contributed by atoms with Crippen molar-refractivity contribution < 1.29 is 4.52 Å². The summed E-state index contributed by atoms with van der Waals surface area (Å²) in [6.07, 6.45) is 5.17. The molecular formula is C15H18ClN3OS. The summed E-state index contributed by atoms with van der Waals surface area (Å²) >= 11 is 7.53. The Hall–Kier alpha value is -1.04. The van der Waals surface area contributed by atoms with Crippen molar-refractivity contribution in [3.63, 3.8) is 0 Å². The largest absolute Gasteiger partial charge is 0.339 e.